The highest BCUT2D eigenvalue weighted by molar-refractivity contribution is 5.71. The Morgan fingerprint density at radius 1 is 0.350 bits per heavy atom. The zero-order valence-corrected chi connectivity index (χ0v) is 38.9. The SMILES string of the molecule is CC/C=C\C/C=C\C/C=C\C/C=C\CCCCC(=O)OC[C@@H](COC(=O)CCCCCCCCCCCCCC)OC(=O)CCCCCCC/C=C\C/C=C\C/C=C\CC. The van der Waals surface area contributed by atoms with Crippen LogP contribution in [0.1, 0.15) is 220 Å². The predicted molar refractivity (Wildman–Crippen MR) is 256 cm³/mol. The second-order valence-corrected chi connectivity index (χ2v) is 16.0. The van der Waals surface area contributed by atoms with E-state index in [2.05, 4.69) is 106 Å². The van der Waals surface area contributed by atoms with Crippen molar-refractivity contribution in [3.63, 3.8) is 0 Å². The maximum atomic E-state index is 12.8. The molecular weight excluding hydrogens is 745 g/mol. The number of ether oxygens (including phenoxy) is 3. The Bertz CT molecular complexity index is 1190. The Morgan fingerprint density at radius 3 is 1.05 bits per heavy atom. The fourth-order valence-corrected chi connectivity index (χ4v) is 6.50. The van der Waals surface area contributed by atoms with E-state index < -0.39 is 6.10 Å². The first-order valence-electron chi connectivity index (χ1n) is 24.6. The van der Waals surface area contributed by atoms with Crippen LogP contribution in [0.3, 0.4) is 0 Å². The first-order chi connectivity index (χ1) is 29.5. The molecule has 0 unspecified atom stereocenters. The van der Waals surface area contributed by atoms with E-state index in [4.69, 9.17) is 14.2 Å². The van der Waals surface area contributed by atoms with Gasteiger partial charge in [0.15, 0.2) is 6.10 Å². The number of allylic oxidation sites excluding steroid dienone is 14. The summed E-state index contributed by atoms with van der Waals surface area (Å²) in [6.07, 6.45) is 61.3. The van der Waals surface area contributed by atoms with Crippen LogP contribution in [0.2, 0.25) is 0 Å². The fourth-order valence-electron chi connectivity index (χ4n) is 6.50. The summed E-state index contributed by atoms with van der Waals surface area (Å²) in [5.74, 6) is -0.959. The number of hydrogen-bond donors (Lipinski definition) is 0. The summed E-state index contributed by atoms with van der Waals surface area (Å²) in [4.78, 5) is 37.9. The first-order valence-corrected chi connectivity index (χ1v) is 24.6. The largest absolute Gasteiger partial charge is 0.462 e. The van der Waals surface area contributed by atoms with Crippen molar-refractivity contribution < 1.29 is 28.6 Å². The molecule has 60 heavy (non-hydrogen) atoms. The minimum absolute atomic E-state index is 0.0961. The van der Waals surface area contributed by atoms with Gasteiger partial charge in [-0.3, -0.25) is 14.4 Å². The summed E-state index contributed by atoms with van der Waals surface area (Å²) in [5.41, 5.74) is 0. The van der Waals surface area contributed by atoms with E-state index in [0.29, 0.717) is 19.3 Å². The van der Waals surface area contributed by atoms with Crippen LogP contribution in [0.15, 0.2) is 85.1 Å². The third kappa shape index (κ3) is 45.7. The molecule has 6 nitrogen and oxygen atoms in total. The molecule has 0 rings (SSSR count). The Labute approximate surface area is 369 Å². The van der Waals surface area contributed by atoms with Gasteiger partial charge in [0, 0.05) is 19.3 Å². The van der Waals surface area contributed by atoms with Crippen molar-refractivity contribution in [1.82, 2.24) is 0 Å². The molecule has 0 aliphatic carbocycles. The van der Waals surface area contributed by atoms with Gasteiger partial charge < -0.3 is 14.2 Å². The molecule has 0 bridgehead atoms. The quantitative estimate of drug-likeness (QED) is 0.0263. The van der Waals surface area contributed by atoms with E-state index in [-0.39, 0.29) is 31.1 Å². The van der Waals surface area contributed by atoms with Crippen molar-refractivity contribution >= 4 is 17.9 Å². The summed E-state index contributed by atoms with van der Waals surface area (Å²) in [5, 5.41) is 0. The summed E-state index contributed by atoms with van der Waals surface area (Å²) in [7, 11) is 0. The number of carbonyl (C=O) groups is 3. The zero-order valence-electron chi connectivity index (χ0n) is 38.9. The van der Waals surface area contributed by atoms with Crippen LogP contribution < -0.4 is 0 Å². The lowest BCUT2D eigenvalue weighted by molar-refractivity contribution is -0.167. The van der Waals surface area contributed by atoms with Gasteiger partial charge in [-0.2, -0.15) is 0 Å². The second kappa shape index (κ2) is 48.3. The number of unbranched alkanes of at least 4 members (excludes halogenated alkanes) is 18. The highest BCUT2D eigenvalue weighted by atomic mass is 16.6. The molecule has 0 spiro atoms. The van der Waals surface area contributed by atoms with Gasteiger partial charge in [-0.05, 0) is 89.9 Å². The van der Waals surface area contributed by atoms with Gasteiger partial charge >= 0.3 is 17.9 Å². The third-order valence-corrected chi connectivity index (χ3v) is 10.1. The maximum absolute atomic E-state index is 12.8. The highest BCUT2D eigenvalue weighted by Gasteiger charge is 2.19. The van der Waals surface area contributed by atoms with Gasteiger partial charge in [0.1, 0.15) is 13.2 Å². The van der Waals surface area contributed by atoms with E-state index in [1.807, 2.05) is 0 Å². The minimum Gasteiger partial charge on any atom is -0.462 e. The van der Waals surface area contributed by atoms with E-state index in [1.165, 1.54) is 57.8 Å². The van der Waals surface area contributed by atoms with Crippen LogP contribution in [0, 0.1) is 0 Å². The van der Waals surface area contributed by atoms with E-state index in [0.717, 1.165) is 122 Å². The standard InChI is InChI=1S/C54H90O6/c1-4-7-10-13-16-19-22-25-27-29-32-35-38-41-44-47-53(56)59-50-51(49-58-52(55)46-43-40-37-34-31-24-21-18-15-12-9-6-3)60-54(57)48-45-42-39-36-33-30-28-26-23-20-17-14-11-8-5-2/h7-8,10-11,16-17,19-20,25-28,32,35,51H,4-6,9,12-15,18,21-24,29-31,33-34,36-50H2,1-3H3/b10-7-,11-8-,19-16-,20-17-,27-25-,28-26-,35-32-/t51-/m1/s1. The van der Waals surface area contributed by atoms with E-state index in [1.54, 1.807) is 0 Å². The fraction of sp³-hybridized carbons (Fsp3) is 0.685. The van der Waals surface area contributed by atoms with Gasteiger partial charge in [-0.25, -0.2) is 0 Å². The second-order valence-electron chi connectivity index (χ2n) is 16.0. The van der Waals surface area contributed by atoms with Gasteiger partial charge in [-0.15, -0.1) is 0 Å². The molecule has 0 aromatic heterocycles. The molecule has 0 aliphatic rings. The average molecular weight is 835 g/mol. The Kier molecular flexibility index (Phi) is 45.5. The molecule has 0 N–H and O–H groups in total. The monoisotopic (exact) mass is 835 g/mol. The topological polar surface area (TPSA) is 78.9 Å². The van der Waals surface area contributed by atoms with Crippen LogP contribution in [0.5, 0.6) is 0 Å². The average Bonchev–Trinajstić information content (AvgIpc) is 3.24. The molecule has 0 amide bonds. The van der Waals surface area contributed by atoms with Crippen LogP contribution in [-0.2, 0) is 28.6 Å². The molecule has 342 valence electrons. The van der Waals surface area contributed by atoms with Gasteiger partial charge in [-0.1, -0.05) is 196 Å². The van der Waals surface area contributed by atoms with Crippen molar-refractivity contribution in [3.8, 4) is 0 Å². The van der Waals surface area contributed by atoms with Gasteiger partial charge in [0.2, 0.25) is 0 Å². The number of rotatable bonds is 43. The number of carbonyl (C=O) groups excluding carboxylic acids is 3. The van der Waals surface area contributed by atoms with Crippen molar-refractivity contribution in [3.05, 3.63) is 85.1 Å². The molecule has 0 aromatic carbocycles. The molecule has 0 heterocycles. The normalized spacial score (nSPS) is 12.8. The molecular formula is C54H90O6. The summed E-state index contributed by atoms with van der Waals surface area (Å²) < 4.78 is 16.7. The number of hydrogen-bond acceptors (Lipinski definition) is 6. The molecule has 1 atom stereocenters. The molecule has 0 aliphatic heterocycles. The van der Waals surface area contributed by atoms with Crippen molar-refractivity contribution in [1.29, 1.82) is 0 Å². The van der Waals surface area contributed by atoms with Crippen LogP contribution in [0.25, 0.3) is 0 Å². The van der Waals surface area contributed by atoms with Crippen LogP contribution >= 0.6 is 0 Å². The predicted octanol–water partition coefficient (Wildman–Crippen LogP) is 16.0. The van der Waals surface area contributed by atoms with E-state index >= 15 is 0 Å². The van der Waals surface area contributed by atoms with Crippen molar-refractivity contribution in [2.24, 2.45) is 0 Å². The Morgan fingerprint density at radius 2 is 0.650 bits per heavy atom. The molecule has 0 fully saturated rings. The third-order valence-electron chi connectivity index (χ3n) is 10.1. The summed E-state index contributed by atoms with van der Waals surface area (Å²) in [6, 6.07) is 0. The minimum atomic E-state index is -0.800. The van der Waals surface area contributed by atoms with Crippen molar-refractivity contribution in [2.45, 2.75) is 226 Å². The van der Waals surface area contributed by atoms with Gasteiger partial charge in [0.25, 0.3) is 0 Å². The lowest BCUT2D eigenvalue weighted by Gasteiger charge is -2.18. The molecule has 6 heteroatoms. The van der Waals surface area contributed by atoms with Crippen molar-refractivity contribution in [2.75, 3.05) is 13.2 Å². The van der Waals surface area contributed by atoms with Gasteiger partial charge in [0.05, 0.1) is 0 Å². The number of esters is 3. The smallest absolute Gasteiger partial charge is 0.306 e. The maximum Gasteiger partial charge on any atom is 0.306 e. The first kappa shape index (κ1) is 56.6. The molecule has 0 saturated heterocycles. The highest BCUT2D eigenvalue weighted by Crippen LogP contribution is 2.14. The molecule has 0 saturated carbocycles. The van der Waals surface area contributed by atoms with Crippen LogP contribution in [0.4, 0.5) is 0 Å². The Balaban J connectivity index is 4.49. The molecule has 0 radical (unpaired) electrons. The summed E-state index contributed by atoms with van der Waals surface area (Å²) >= 11 is 0. The van der Waals surface area contributed by atoms with Crippen LogP contribution in [-0.4, -0.2) is 37.2 Å². The van der Waals surface area contributed by atoms with E-state index in [9.17, 15) is 14.4 Å². The Hall–Kier alpha value is -3.41. The zero-order chi connectivity index (χ0) is 43.7. The molecule has 0 aromatic rings. The lowest BCUT2D eigenvalue weighted by atomic mass is 10.0. The lowest BCUT2D eigenvalue weighted by Crippen LogP contribution is -2.30. The summed E-state index contributed by atoms with van der Waals surface area (Å²) in [6.45, 7) is 6.35.